The van der Waals surface area contributed by atoms with Gasteiger partial charge in [0.1, 0.15) is 11.9 Å². The summed E-state index contributed by atoms with van der Waals surface area (Å²) >= 11 is 0. The molecule has 1 amide bonds. The number of amides is 1. The summed E-state index contributed by atoms with van der Waals surface area (Å²) in [6, 6.07) is 6.87. The predicted octanol–water partition coefficient (Wildman–Crippen LogP) is 0.283. The fourth-order valence-corrected chi connectivity index (χ4v) is 1.99. The number of oxime groups is 1. The topological polar surface area (TPSA) is 97.4 Å². The second-order valence-corrected chi connectivity index (χ2v) is 4.36. The molecule has 7 nitrogen and oxygen atoms in total. The number of nitrogens with zero attached hydrogens (tertiary/aromatic N) is 2. The Morgan fingerprint density at radius 3 is 2.80 bits per heavy atom. The Labute approximate surface area is 116 Å². The standard InChI is InChI=1S/C13H17N3O4/c1-19-10-4-2-9(3-5-10)13(17)16-6-7-20-11(8-16)12(14)15-18/h2-5,11,18H,6-8H2,1H3,(H2,14,15). The third kappa shape index (κ3) is 3.00. The van der Waals surface area contributed by atoms with E-state index in [9.17, 15) is 4.79 Å². The van der Waals surface area contributed by atoms with Crippen molar-refractivity contribution in [1.82, 2.24) is 4.90 Å². The van der Waals surface area contributed by atoms with Gasteiger partial charge < -0.3 is 25.3 Å². The van der Waals surface area contributed by atoms with Crippen molar-refractivity contribution >= 4 is 11.7 Å². The average molecular weight is 279 g/mol. The summed E-state index contributed by atoms with van der Waals surface area (Å²) in [5.74, 6) is 0.544. The molecule has 7 heteroatoms. The van der Waals surface area contributed by atoms with Crippen LogP contribution in [-0.4, -0.2) is 54.8 Å². The summed E-state index contributed by atoms with van der Waals surface area (Å²) in [6.45, 7) is 1.09. The van der Waals surface area contributed by atoms with Crippen LogP contribution in [0.1, 0.15) is 10.4 Å². The van der Waals surface area contributed by atoms with Gasteiger partial charge in [0.05, 0.1) is 20.3 Å². The quantitative estimate of drug-likeness (QED) is 0.358. The molecule has 0 radical (unpaired) electrons. The van der Waals surface area contributed by atoms with Crippen molar-refractivity contribution in [1.29, 1.82) is 0 Å². The maximum atomic E-state index is 12.3. The van der Waals surface area contributed by atoms with Crippen LogP contribution in [0, 0.1) is 0 Å². The van der Waals surface area contributed by atoms with E-state index in [4.69, 9.17) is 20.4 Å². The highest BCUT2D eigenvalue weighted by Crippen LogP contribution is 2.15. The third-order valence-electron chi connectivity index (χ3n) is 3.14. The number of methoxy groups -OCH3 is 1. The number of rotatable bonds is 3. The average Bonchev–Trinajstić information content (AvgIpc) is 2.53. The van der Waals surface area contributed by atoms with Crippen LogP contribution < -0.4 is 10.5 Å². The van der Waals surface area contributed by atoms with Crippen LogP contribution in [0.5, 0.6) is 5.75 Å². The first-order chi connectivity index (χ1) is 9.65. The number of hydrogen-bond donors (Lipinski definition) is 2. The summed E-state index contributed by atoms with van der Waals surface area (Å²) in [5.41, 5.74) is 6.07. The minimum atomic E-state index is -0.573. The molecule has 1 heterocycles. The monoisotopic (exact) mass is 279 g/mol. The Bertz CT molecular complexity index is 501. The molecule has 1 saturated heterocycles. The zero-order valence-corrected chi connectivity index (χ0v) is 11.2. The van der Waals surface area contributed by atoms with Crippen molar-refractivity contribution in [3.05, 3.63) is 29.8 Å². The number of morpholine rings is 1. The minimum absolute atomic E-state index is 0.0303. The summed E-state index contributed by atoms with van der Waals surface area (Å²) < 4.78 is 10.4. The van der Waals surface area contributed by atoms with E-state index >= 15 is 0 Å². The van der Waals surface area contributed by atoms with E-state index in [2.05, 4.69) is 5.16 Å². The largest absolute Gasteiger partial charge is 0.497 e. The first-order valence-corrected chi connectivity index (χ1v) is 6.18. The molecule has 0 saturated carbocycles. The van der Waals surface area contributed by atoms with Crippen molar-refractivity contribution < 1.29 is 19.5 Å². The van der Waals surface area contributed by atoms with Crippen molar-refractivity contribution in [2.75, 3.05) is 26.8 Å². The number of carbonyl (C=O) groups is 1. The van der Waals surface area contributed by atoms with Gasteiger partial charge in [-0.25, -0.2) is 0 Å². The molecule has 1 aliphatic heterocycles. The van der Waals surface area contributed by atoms with Crippen molar-refractivity contribution in [2.45, 2.75) is 6.10 Å². The van der Waals surface area contributed by atoms with E-state index < -0.39 is 6.10 Å². The smallest absolute Gasteiger partial charge is 0.254 e. The lowest BCUT2D eigenvalue weighted by Gasteiger charge is -2.32. The van der Waals surface area contributed by atoms with Crippen LogP contribution in [-0.2, 0) is 4.74 Å². The summed E-state index contributed by atoms with van der Waals surface area (Å²) in [4.78, 5) is 14.0. The van der Waals surface area contributed by atoms with Crippen LogP contribution in [0.25, 0.3) is 0 Å². The van der Waals surface area contributed by atoms with Gasteiger partial charge in [-0.15, -0.1) is 0 Å². The number of nitrogens with two attached hydrogens (primary N) is 1. The molecule has 0 aromatic heterocycles. The predicted molar refractivity (Wildman–Crippen MR) is 72.0 cm³/mol. The molecule has 1 aromatic rings. The van der Waals surface area contributed by atoms with E-state index in [1.165, 1.54) is 0 Å². The number of carbonyl (C=O) groups excluding carboxylic acids is 1. The molecule has 1 aliphatic rings. The highest BCUT2D eigenvalue weighted by Gasteiger charge is 2.27. The van der Waals surface area contributed by atoms with Gasteiger partial charge in [-0.1, -0.05) is 5.16 Å². The van der Waals surface area contributed by atoms with Crippen LogP contribution in [0.4, 0.5) is 0 Å². The normalized spacial score (nSPS) is 19.8. The molecule has 1 atom stereocenters. The fraction of sp³-hybridized carbons (Fsp3) is 0.385. The minimum Gasteiger partial charge on any atom is -0.497 e. The number of hydrogen-bond acceptors (Lipinski definition) is 5. The van der Waals surface area contributed by atoms with Gasteiger partial charge in [-0.05, 0) is 24.3 Å². The Hall–Kier alpha value is -2.28. The highest BCUT2D eigenvalue weighted by atomic mass is 16.5. The molecular formula is C13H17N3O4. The van der Waals surface area contributed by atoms with E-state index in [1.54, 1.807) is 36.3 Å². The number of ether oxygens (including phenoxy) is 2. The molecule has 1 unspecified atom stereocenters. The molecule has 0 aliphatic carbocycles. The Morgan fingerprint density at radius 2 is 2.20 bits per heavy atom. The lowest BCUT2D eigenvalue weighted by Crippen LogP contribution is -2.50. The van der Waals surface area contributed by atoms with Crippen molar-refractivity contribution in [3.63, 3.8) is 0 Å². The molecule has 0 spiro atoms. The number of benzene rings is 1. The molecular weight excluding hydrogens is 262 g/mol. The zero-order chi connectivity index (χ0) is 14.5. The second-order valence-electron chi connectivity index (χ2n) is 4.36. The maximum Gasteiger partial charge on any atom is 0.254 e. The lowest BCUT2D eigenvalue weighted by atomic mass is 10.1. The Morgan fingerprint density at radius 1 is 1.50 bits per heavy atom. The molecule has 1 fully saturated rings. The van der Waals surface area contributed by atoms with E-state index in [1.807, 2.05) is 0 Å². The summed E-state index contributed by atoms with van der Waals surface area (Å²) in [7, 11) is 1.57. The first kappa shape index (κ1) is 14.1. The number of amidine groups is 1. The van der Waals surface area contributed by atoms with Crippen LogP contribution in [0.2, 0.25) is 0 Å². The Kier molecular flexibility index (Phi) is 4.41. The summed E-state index contributed by atoms with van der Waals surface area (Å²) in [6.07, 6.45) is -0.573. The second kappa shape index (κ2) is 6.25. The zero-order valence-electron chi connectivity index (χ0n) is 11.2. The van der Waals surface area contributed by atoms with Crippen LogP contribution >= 0.6 is 0 Å². The van der Waals surface area contributed by atoms with Gasteiger partial charge in [0, 0.05) is 12.1 Å². The maximum absolute atomic E-state index is 12.3. The van der Waals surface area contributed by atoms with Gasteiger partial charge in [-0.3, -0.25) is 4.79 Å². The fourth-order valence-electron chi connectivity index (χ4n) is 1.99. The molecule has 108 valence electrons. The molecule has 3 N–H and O–H groups in total. The highest BCUT2D eigenvalue weighted by molar-refractivity contribution is 5.95. The molecule has 2 rings (SSSR count). The lowest BCUT2D eigenvalue weighted by molar-refractivity contribution is 0.00675. The van der Waals surface area contributed by atoms with Gasteiger partial charge in [-0.2, -0.15) is 0 Å². The molecule has 20 heavy (non-hydrogen) atoms. The molecule has 1 aromatic carbocycles. The van der Waals surface area contributed by atoms with E-state index in [0.717, 1.165) is 0 Å². The van der Waals surface area contributed by atoms with Crippen molar-refractivity contribution in [3.8, 4) is 5.75 Å². The van der Waals surface area contributed by atoms with Crippen molar-refractivity contribution in [2.24, 2.45) is 10.9 Å². The van der Waals surface area contributed by atoms with Gasteiger partial charge in [0.15, 0.2) is 5.84 Å². The van der Waals surface area contributed by atoms with Gasteiger partial charge in [0.2, 0.25) is 0 Å². The van der Waals surface area contributed by atoms with E-state index in [0.29, 0.717) is 24.5 Å². The molecule has 0 bridgehead atoms. The van der Waals surface area contributed by atoms with Crippen LogP contribution in [0.15, 0.2) is 29.4 Å². The van der Waals surface area contributed by atoms with Gasteiger partial charge in [0.25, 0.3) is 5.91 Å². The van der Waals surface area contributed by atoms with Crippen LogP contribution in [0.3, 0.4) is 0 Å². The summed E-state index contributed by atoms with van der Waals surface area (Å²) in [5, 5.41) is 11.6. The van der Waals surface area contributed by atoms with Gasteiger partial charge >= 0.3 is 0 Å². The first-order valence-electron chi connectivity index (χ1n) is 6.18. The Balaban J connectivity index is 2.07. The third-order valence-corrected chi connectivity index (χ3v) is 3.14. The SMILES string of the molecule is COc1ccc(C(=O)N2CCOC(C(N)=NO)C2)cc1. The van der Waals surface area contributed by atoms with E-state index in [-0.39, 0.29) is 18.3 Å².